The number of rotatable bonds is 7. The van der Waals surface area contributed by atoms with Gasteiger partial charge in [-0.1, -0.05) is 49.6 Å². The van der Waals surface area contributed by atoms with Crippen LogP contribution in [0.15, 0.2) is 49.6 Å². The Morgan fingerprint density at radius 2 is 1.85 bits per heavy atom. The van der Waals surface area contributed by atoms with Gasteiger partial charge in [0.2, 0.25) is 0 Å². The van der Waals surface area contributed by atoms with E-state index in [1.54, 1.807) is 18.0 Å². The number of carbonyl (C=O) groups is 2. The second kappa shape index (κ2) is 10.1. The molecule has 1 saturated heterocycles. The molecule has 2 atom stereocenters. The average molecular weight is 391 g/mol. The maximum absolute atomic E-state index is 12.3. The number of benzene rings is 1. The van der Waals surface area contributed by atoms with E-state index in [0.29, 0.717) is 13.1 Å². The lowest BCUT2D eigenvalue weighted by molar-refractivity contribution is 0.108. The van der Waals surface area contributed by atoms with E-state index in [9.17, 15) is 9.59 Å². The van der Waals surface area contributed by atoms with Crippen LogP contribution in [0.25, 0.3) is 0 Å². The third-order valence-corrected chi connectivity index (χ3v) is 4.63. The molecule has 6 nitrogen and oxygen atoms in total. The minimum Gasteiger partial charge on any atom is -0.445 e. The van der Waals surface area contributed by atoms with E-state index in [4.69, 9.17) is 9.47 Å². The first-order valence-corrected chi connectivity index (χ1v) is 9.27. The van der Waals surface area contributed by atoms with Gasteiger partial charge >= 0.3 is 12.2 Å². The monoisotopic (exact) mass is 390 g/mol. The van der Waals surface area contributed by atoms with Crippen molar-refractivity contribution in [2.75, 3.05) is 26.8 Å². The molecule has 146 valence electrons. The fourth-order valence-corrected chi connectivity index (χ4v) is 3.34. The molecule has 1 aliphatic heterocycles. The smallest absolute Gasteiger partial charge is 0.410 e. The van der Waals surface area contributed by atoms with Crippen molar-refractivity contribution in [3.63, 3.8) is 0 Å². The maximum atomic E-state index is 12.3. The molecule has 1 heterocycles. The van der Waals surface area contributed by atoms with Crippen LogP contribution in [-0.4, -0.2) is 54.0 Å². The molecular formula is C20H26N2O4S. The van der Waals surface area contributed by atoms with Gasteiger partial charge < -0.3 is 19.3 Å². The minimum atomic E-state index is -0.399. The van der Waals surface area contributed by atoms with Gasteiger partial charge in [-0.05, 0) is 17.5 Å². The molecular weight excluding hydrogens is 364 g/mol. The lowest BCUT2D eigenvalue weighted by atomic mass is 10.0. The highest BCUT2D eigenvalue weighted by Crippen LogP contribution is 2.35. The Labute approximate surface area is 165 Å². The number of ether oxygens (including phenoxy) is 2. The summed E-state index contributed by atoms with van der Waals surface area (Å²) in [6, 6.07) is 7.77. The van der Waals surface area contributed by atoms with Crippen LogP contribution in [-0.2, 0) is 16.0 Å². The number of likely N-dealkylation sites (tertiary alicyclic amines) is 1. The number of thiol groups is 1. The van der Waals surface area contributed by atoms with Gasteiger partial charge in [0.25, 0.3) is 0 Å². The Morgan fingerprint density at radius 1 is 1.22 bits per heavy atom. The summed E-state index contributed by atoms with van der Waals surface area (Å²) in [6.07, 6.45) is 3.09. The Kier molecular flexibility index (Phi) is 7.79. The fraction of sp³-hybridized carbons (Fsp3) is 0.400. The largest absolute Gasteiger partial charge is 0.445 e. The summed E-state index contributed by atoms with van der Waals surface area (Å²) in [5.41, 5.74) is 1.99. The van der Waals surface area contributed by atoms with Crippen LogP contribution in [0.4, 0.5) is 9.59 Å². The Balaban J connectivity index is 2.02. The highest BCUT2D eigenvalue weighted by Gasteiger charge is 2.35. The first-order chi connectivity index (χ1) is 13.0. The van der Waals surface area contributed by atoms with Crippen LogP contribution >= 0.6 is 12.6 Å². The number of amides is 2. The standard InChI is InChI=1S/C20H26N2O4S/c1-4-10-25-19(23)21(3)13-15-6-8-16(9-7-15)18-12-17(27)14-22(18)20(24)26-11-5-2/h4-9,17-18,27H,1-2,10-14H2,3H3/t17-,18+/m0/s1. The molecule has 0 N–H and O–H groups in total. The van der Waals surface area contributed by atoms with Crippen molar-refractivity contribution >= 4 is 24.8 Å². The van der Waals surface area contributed by atoms with Gasteiger partial charge in [0.05, 0.1) is 6.04 Å². The van der Waals surface area contributed by atoms with Gasteiger partial charge in [0.1, 0.15) is 13.2 Å². The van der Waals surface area contributed by atoms with Crippen molar-refractivity contribution in [1.82, 2.24) is 9.80 Å². The lowest BCUT2D eigenvalue weighted by Crippen LogP contribution is -2.32. The summed E-state index contributed by atoms with van der Waals surface area (Å²) in [5, 5.41) is 0.108. The summed E-state index contributed by atoms with van der Waals surface area (Å²) < 4.78 is 10.2. The molecule has 0 aliphatic carbocycles. The first-order valence-electron chi connectivity index (χ1n) is 8.76. The molecule has 0 spiro atoms. The average Bonchev–Trinajstić information content (AvgIpc) is 3.06. The van der Waals surface area contributed by atoms with Crippen molar-refractivity contribution in [2.45, 2.75) is 24.3 Å². The van der Waals surface area contributed by atoms with E-state index in [2.05, 4.69) is 25.8 Å². The van der Waals surface area contributed by atoms with Gasteiger partial charge in [0.15, 0.2) is 0 Å². The number of carbonyl (C=O) groups excluding carboxylic acids is 2. The molecule has 27 heavy (non-hydrogen) atoms. The molecule has 1 aromatic carbocycles. The maximum Gasteiger partial charge on any atom is 0.410 e. The van der Waals surface area contributed by atoms with Crippen molar-refractivity contribution < 1.29 is 19.1 Å². The minimum absolute atomic E-state index is 0.0749. The topological polar surface area (TPSA) is 59.1 Å². The number of hydrogen-bond acceptors (Lipinski definition) is 5. The molecule has 2 rings (SSSR count). The Morgan fingerprint density at radius 3 is 2.48 bits per heavy atom. The van der Waals surface area contributed by atoms with E-state index in [1.165, 1.54) is 11.0 Å². The fourth-order valence-electron chi connectivity index (χ4n) is 2.97. The van der Waals surface area contributed by atoms with Crippen molar-refractivity contribution in [1.29, 1.82) is 0 Å². The second-order valence-corrected chi connectivity index (χ2v) is 7.12. The SMILES string of the molecule is C=CCOC(=O)N(C)Cc1ccc([C@H]2C[C@H](S)CN2C(=O)OCC=C)cc1. The molecule has 0 bridgehead atoms. The molecule has 1 fully saturated rings. The van der Waals surface area contributed by atoms with Gasteiger partial charge in [-0.25, -0.2) is 9.59 Å². The van der Waals surface area contributed by atoms with Gasteiger partial charge in [-0.3, -0.25) is 0 Å². The van der Waals surface area contributed by atoms with Gasteiger partial charge in [-0.2, -0.15) is 12.6 Å². The summed E-state index contributed by atoms with van der Waals surface area (Å²) in [6.45, 7) is 8.43. The van der Waals surface area contributed by atoms with Crippen LogP contribution in [0.1, 0.15) is 23.6 Å². The molecule has 2 amide bonds. The van der Waals surface area contributed by atoms with Crippen LogP contribution in [0.2, 0.25) is 0 Å². The van der Waals surface area contributed by atoms with Crippen LogP contribution in [0.3, 0.4) is 0 Å². The van der Waals surface area contributed by atoms with Crippen LogP contribution in [0.5, 0.6) is 0 Å². The van der Waals surface area contributed by atoms with E-state index < -0.39 is 6.09 Å². The highest BCUT2D eigenvalue weighted by molar-refractivity contribution is 7.81. The van der Waals surface area contributed by atoms with E-state index in [1.807, 2.05) is 24.3 Å². The van der Waals surface area contributed by atoms with Crippen LogP contribution in [0, 0.1) is 0 Å². The van der Waals surface area contributed by atoms with E-state index in [0.717, 1.165) is 17.5 Å². The van der Waals surface area contributed by atoms with Gasteiger partial charge in [-0.15, -0.1) is 0 Å². The molecule has 0 unspecified atom stereocenters. The Hall–Kier alpha value is -2.41. The lowest BCUT2D eigenvalue weighted by Gasteiger charge is -2.24. The normalized spacial score (nSPS) is 18.7. The van der Waals surface area contributed by atoms with Crippen molar-refractivity contribution in [3.8, 4) is 0 Å². The molecule has 0 radical (unpaired) electrons. The van der Waals surface area contributed by atoms with Crippen LogP contribution < -0.4 is 0 Å². The summed E-state index contributed by atoms with van der Waals surface area (Å²) in [7, 11) is 1.68. The molecule has 1 aliphatic rings. The number of nitrogens with zero attached hydrogens (tertiary/aromatic N) is 2. The highest BCUT2D eigenvalue weighted by atomic mass is 32.1. The van der Waals surface area contributed by atoms with E-state index in [-0.39, 0.29) is 30.6 Å². The zero-order valence-electron chi connectivity index (χ0n) is 15.5. The third-order valence-electron chi connectivity index (χ3n) is 4.26. The van der Waals surface area contributed by atoms with Gasteiger partial charge in [0, 0.05) is 25.4 Å². The van der Waals surface area contributed by atoms with E-state index >= 15 is 0 Å². The number of hydrogen-bond donors (Lipinski definition) is 1. The molecule has 7 heteroatoms. The summed E-state index contributed by atoms with van der Waals surface area (Å²) >= 11 is 4.53. The summed E-state index contributed by atoms with van der Waals surface area (Å²) in [5.74, 6) is 0. The predicted octanol–water partition coefficient (Wildman–Crippen LogP) is 3.81. The third kappa shape index (κ3) is 5.79. The van der Waals surface area contributed by atoms with Crippen molar-refractivity contribution in [3.05, 3.63) is 60.7 Å². The second-order valence-electron chi connectivity index (χ2n) is 6.39. The summed E-state index contributed by atoms with van der Waals surface area (Å²) in [4.78, 5) is 27.3. The predicted molar refractivity (Wildman–Crippen MR) is 108 cm³/mol. The molecule has 0 aromatic heterocycles. The van der Waals surface area contributed by atoms with Crippen molar-refractivity contribution in [2.24, 2.45) is 0 Å². The molecule has 1 aromatic rings. The zero-order chi connectivity index (χ0) is 19.8. The molecule has 0 saturated carbocycles. The quantitative estimate of drug-likeness (QED) is 0.568. The first kappa shape index (κ1) is 20.9. The Bertz CT molecular complexity index is 677. The zero-order valence-corrected chi connectivity index (χ0v) is 16.4.